The summed E-state index contributed by atoms with van der Waals surface area (Å²) in [5.74, 6) is 1.75. The first kappa shape index (κ1) is 11.4. The van der Waals surface area contributed by atoms with Gasteiger partial charge >= 0.3 is 0 Å². The van der Waals surface area contributed by atoms with E-state index in [1.165, 1.54) is 25.0 Å². The summed E-state index contributed by atoms with van der Waals surface area (Å²) in [6.45, 7) is 1.95. The highest BCUT2D eigenvalue weighted by Gasteiger charge is 2.15. The SMILES string of the molecule is CCC(=O)CCCCC1CCSS1. The van der Waals surface area contributed by atoms with Crippen molar-refractivity contribution in [2.75, 3.05) is 5.75 Å². The predicted molar refractivity (Wildman–Crippen MR) is 62.2 cm³/mol. The van der Waals surface area contributed by atoms with Crippen molar-refractivity contribution in [1.82, 2.24) is 0 Å². The van der Waals surface area contributed by atoms with Gasteiger partial charge in [-0.3, -0.25) is 4.79 Å². The molecule has 0 amide bonds. The van der Waals surface area contributed by atoms with Crippen LogP contribution in [0.4, 0.5) is 0 Å². The predicted octanol–water partition coefficient (Wildman–Crippen LogP) is 3.68. The van der Waals surface area contributed by atoms with Gasteiger partial charge in [0.25, 0.3) is 0 Å². The van der Waals surface area contributed by atoms with Crippen molar-refractivity contribution in [3.63, 3.8) is 0 Å². The zero-order valence-corrected chi connectivity index (χ0v) is 9.88. The second-order valence-electron chi connectivity index (χ2n) is 3.47. The molecule has 76 valence electrons. The van der Waals surface area contributed by atoms with Crippen LogP contribution in [0.5, 0.6) is 0 Å². The molecule has 13 heavy (non-hydrogen) atoms. The third kappa shape index (κ3) is 4.96. The van der Waals surface area contributed by atoms with Crippen molar-refractivity contribution in [3.8, 4) is 0 Å². The maximum atomic E-state index is 11.0. The Morgan fingerprint density at radius 2 is 2.31 bits per heavy atom. The maximum Gasteiger partial charge on any atom is 0.132 e. The number of carbonyl (C=O) groups excluding carboxylic acids is 1. The van der Waals surface area contributed by atoms with Gasteiger partial charge in [0.05, 0.1) is 0 Å². The molecule has 0 saturated carbocycles. The lowest BCUT2D eigenvalue weighted by Crippen LogP contribution is -1.99. The number of Topliss-reactive ketones (excluding diaryl/α,β-unsaturated/α-hetero) is 1. The van der Waals surface area contributed by atoms with Gasteiger partial charge in [-0.2, -0.15) is 0 Å². The van der Waals surface area contributed by atoms with Crippen LogP contribution in [-0.4, -0.2) is 16.8 Å². The number of carbonyl (C=O) groups is 1. The van der Waals surface area contributed by atoms with Crippen molar-refractivity contribution < 1.29 is 4.79 Å². The molecule has 0 radical (unpaired) electrons. The van der Waals surface area contributed by atoms with E-state index in [0.717, 1.165) is 18.1 Å². The fourth-order valence-corrected chi connectivity index (χ4v) is 4.46. The second kappa shape index (κ2) is 6.77. The summed E-state index contributed by atoms with van der Waals surface area (Å²) in [6, 6.07) is 0. The molecular formula is C10H18OS2. The van der Waals surface area contributed by atoms with Crippen molar-refractivity contribution in [1.29, 1.82) is 0 Å². The molecule has 0 bridgehead atoms. The van der Waals surface area contributed by atoms with Crippen LogP contribution in [0.1, 0.15) is 45.4 Å². The number of hydrogen-bond acceptors (Lipinski definition) is 3. The summed E-state index contributed by atoms with van der Waals surface area (Å²) in [5, 5.41) is 0.877. The highest BCUT2D eigenvalue weighted by molar-refractivity contribution is 8.77. The summed E-state index contributed by atoms with van der Waals surface area (Å²) in [5.41, 5.74) is 0. The van der Waals surface area contributed by atoms with Crippen LogP contribution in [0.25, 0.3) is 0 Å². The molecule has 3 heteroatoms. The summed E-state index contributed by atoms with van der Waals surface area (Å²) < 4.78 is 0. The van der Waals surface area contributed by atoms with Gasteiger partial charge in [-0.05, 0) is 19.3 Å². The molecule has 0 aliphatic carbocycles. The van der Waals surface area contributed by atoms with Crippen molar-refractivity contribution in [3.05, 3.63) is 0 Å². The number of rotatable bonds is 6. The van der Waals surface area contributed by atoms with Gasteiger partial charge in [0, 0.05) is 23.8 Å². The zero-order chi connectivity index (χ0) is 9.52. The van der Waals surface area contributed by atoms with Gasteiger partial charge in [0.1, 0.15) is 5.78 Å². The fraction of sp³-hybridized carbons (Fsp3) is 0.900. The molecule has 1 atom stereocenters. The molecule has 1 rings (SSSR count). The van der Waals surface area contributed by atoms with Crippen LogP contribution in [0, 0.1) is 0 Å². The largest absolute Gasteiger partial charge is 0.300 e. The highest BCUT2D eigenvalue weighted by Crippen LogP contribution is 2.39. The van der Waals surface area contributed by atoms with E-state index in [2.05, 4.69) is 0 Å². The number of hydrogen-bond donors (Lipinski definition) is 0. The van der Waals surface area contributed by atoms with Gasteiger partial charge in [0.15, 0.2) is 0 Å². The smallest absolute Gasteiger partial charge is 0.132 e. The highest BCUT2D eigenvalue weighted by atomic mass is 33.1. The molecule has 0 N–H and O–H groups in total. The summed E-state index contributed by atoms with van der Waals surface area (Å²) in [6.07, 6.45) is 6.55. The molecule has 1 aliphatic rings. The average Bonchev–Trinajstić information content (AvgIpc) is 2.64. The second-order valence-corrected chi connectivity index (χ2v) is 6.25. The Labute approximate surface area is 88.8 Å². The third-order valence-electron chi connectivity index (χ3n) is 2.35. The van der Waals surface area contributed by atoms with Gasteiger partial charge in [0.2, 0.25) is 0 Å². The van der Waals surface area contributed by atoms with E-state index in [4.69, 9.17) is 0 Å². The topological polar surface area (TPSA) is 17.1 Å². The zero-order valence-electron chi connectivity index (χ0n) is 8.25. The van der Waals surface area contributed by atoms with E-state index in [9.17, 15) is 4.79 Å². The molecule has 1 unspecified atom stereocenters. The molecule has 1 fully saturated rings. The van der Waals surface area contributed by atoms with Gasteiger partial charge in [-0.15, -0.1) is 0 Å². The van der Waals surface area contributed by atoms with Gasteiger partial charge < -0.3 is 0 Å². The van der Waals surface area contributed by atoms with Crippen molar-refractivity contribution in [2.45, 2.75) is 50.7 Å². The normalized spacial score (nSPS) is 22.1. The molecule has 0 aromatic rings. The lowest BCUT2D eigenvalue weighted by Gasteiger charge is -2.05. The molecule has 0 spiro atoms. The Morgan fingerprint density at radius 1 is 1.46 bits per heavy atom. The Balaban J connectivity index is 1.91. The standard InChI is InChI=1S/C10H18OS2/c1-2-9(11)5-3-4-6-10-7-8-12-13-10/h10H,2-8H2,1H3. The minimum absolute atomic E-state index is 0.424. The molecule has 1 nitrogen and oxygen atoms in total. The molecule has 0 aromatic heterocycles. The first-order chi connectivity index (χ1) is 6.33. The Morgan fingerprint density at radius 3 is 2.92 bits per heavy atom. The van der Waals surface area contributed by atoms with E-state index in [0.29, 0.717) is 12.2 Å². The van der Waals surface area contributed by atoms with Crippen LogP contribution in [-0.2, 0) is 4.79 Å². The first-order valence-electron chi connectivity index (χ1n) is 5.13. The minimum atomic E-state index is 0.424. The molecular weight excluding hydrogens is 200 g/mol. The Hall–Kier alpha value is 0.370. The summed E-state index contributed by atoms with van der Waals surface area (Å²) in [7, 11) is 4.04. The van der Waals surface area contributed by atoms with Crippen LogP contribution in [0.15, 0.2) is 0 Å². The fourth-order valence-electron chi connectivity index (χ4n) is 1.44. The Bertz CT molecular complexity index is 153. The molecule has 0 aromatic carbocycles. The average molecular weight is 218 g/mol. The lowest BCUT2D eigenvalue weighted by molar-refractivity contribution is -0.118. The summed E-state index contributed by atoms with van der Waals surface area (Å²) >= 11 is 0. The minimum Gasteiger partial charge on any atom is -0.300 e. The first-order valence-corrected chi connectivity index (χ1v) is 7.51. The molecule has 1 heterocycles. The van der Waals surface area contributed by atoms with Crippen LogP contribution >= 0.6 is 21.6 Å². The van der Waals surface area contributed by atoms with Crippen molar-refractivity contribution >= 4 is 27.4 Å². The molecule has 1 aliphatic heterocycles. The third-order valence-corrected chi connectivity index (χ3v) is 5.36. The maximum absolute atomic E-state index is 11.0. The summed E-state index contributed by atoms with van der Waals surface area (Å²) in [4.78, 5) is 11.0. The van der Waals surface area contributed by atoms with E-state index in [-0.39, 0.29) is 0 Å². The van der Waals surface area contributed by atoms with Crippen LogP contribution in [0.3, 0.4) is 0 Å². The lowest BCUT2D eigenvalue weighted by atomic mass is 10.1. The van der Waals surface area contributed by atoms with Crippen LogP contribution < -0.4 is 0 Å². The van der Waals surface area contributed by atoms with E-state index < -0.39 is 0 Å². The monoisotopic (exact) mass is 218 g/mol. The Kier molecular flexibility index (Phi) is 5.96. The van der Waals surface area contributed by atoms with Gasteiger partial charge in [-0.25, -0.2) is 0 Å². The number of ketones is 1. The van der Waals surface area contributed by atoms with E-state index >= 15 is 0 Å². The van der Waals surface area contributed by atoms with E-state index in [1.807, 2.05) is 28.5 Å². The number of unbranched alkanes of at least 4 members (excludes halogenated alkanes) is 1. The quantitative estimate of drug-likeness (QED) is 0.500. The van der Waals surface area contributed by atoms with Crippen LogP contribution in [0.2, 0.25) is 0 Å². The molecule has 1 saturated heterocycles. The van der Waals surface area contributed by atoms with Crippen molar-refractivity contribution in [2.24, 2.45) is 0 Å². The van der Waals surface area contributed by atoms with E-state index in [1.54, 1.807) is 0 Å². The van der Waals surface area contributed by atoms with Gasteiger partial charge in [-0.1, -0.05) is 34.9 Å².